The number of halogens is 2. The van der Waals surface area contributed by atoms with E-state index in [0.717, 1.165) is 11.8 Å². The normalized spacial score (nSPS) is 20.5. The Labute approximate surface area is 177 Å². The topological polar surface area (TPSA) is 87.7 Å². The van der Waals surface area contributed by atoms with E-state index >= 15 is 0 Å². The van der Waals surface area contributed by atoms with E-state index in [1.165, 1.54) is 12.3 Å². The molecular formula is C20H22F2N7O2+. The SMILES string of the molecule is C[N+]#CC1CC(=O)N(c2cnn3c2CN(C(=O)Nc2ccnc(C(F)F)c2)[C@@H](C)C3)C1. The maximum atomic E-state index is 12.9. The van der Waals surface area contributed by atoms with Crippen LogP contribution >= 0.6 is 0 Å². The summed E-state index contributed by atoms with van der Waals surface area (Å²) in [6.45, 7) is 3.03. The van der Waals surface area contributed by atoms with E-state index in [4.69, 9.17) is 0 Å². The molecule has 2 aliphatic heterocycles. The number of carbonyl (C=O) groups excluding carboxylic acids is 2. The predicted molar refractivity (Wildman–Crippen MR) is 109 cm³/mol. The number of hydrogen-bond donors (Lipinski definition) is 1. The molecule has 1 N–H and O–H groups in total. The molecule has 4 heterocycles. The summed E-state index contributed by atoms with van der Waals surface area (Å²) in [6, 6.07) is 4.94. The lowest BCUT2D eigenvalue weighted by Crippen LogP contribution is -2.47. The van der Waals surface area contributed by atoms with Crippen LogP contribution in [0.4, 0.5) is 25.0 Å². The van der Waals surface area contributed by atoms with Crippen LogP contribution in [-0.4, -0.2) is 51.2 Å². The number of nitrogens with zero attached hydrogens (tertiary/aromatic N) is 6. The maximum absolute atomic E-state index is 12.9. The molecule has 31 heavy (non-hydrogen) atoms. The van der Waals surface area contributed by atoms with Gasteiger partial charge in [0.1, 0.15) is 11.6 Å². The van der Waals surface area contributed by atoms with Gasteiger partial charge in [-0.15, -0.1) is 0 Å². The first kappa shape index (κ1) is 20.7. The lowest BCUT2D eigenvalue weighted by Gasteiger charge is -2.35. The minimum Gasteiger partial charge on any atom is -0.314 e. The highest BCUT2D eigenvalue weighted by Crippen LogP contribution is 2.32. The van der Waals surface area contributed by atoms with Gasteiger partial charge in [-0.25, -0.2) is 13.6 Å². The van der Waals surface area contributed by atoms with Gasteiger partial charge < -0.3 is 15.1 Å². The van der Waals surface area contributed by atoms with Crippen LogP contribution in [0, 0.1) is 12.0 Å². The van der Waals surface area contributed by atoms with Crippen molar-refractivity contribution >= 4 is 23.3 Å². The Balaban J connectivity index is 1.53. The minimum absolute atomic E-state index is 0.0390. The number of anilines is 2. The molecule has 1 unspecified atom stereocenters. The molecule has 4 rings (SSSR count). The quantitative estimate of drug-likeness (QED) is 0.811. The number of urea groups is 1. The number of hydrogen-bond acceptors (Lipinski definition) is 4. The van der Waals surface area contributed by atoms with E-state index in [9.17, 15) is 18.4 Å². The van der Waals surface area contributed by atoms with Crippen LogP contribution in [0.15, 0.2) is 24.5 Å². The van der Waals surface area contributed by atoms with E-state index in [2.05, 4.69) is 26.3 Å². The number of alkyl halides is 2. The smallest absolute Gasteiger partial charge is 0.314 e. The Hall–Kier alpha value is -3.55. The third-order valence-electron chi connectivity index (χ3n) is 5.46. The zero-order valence-electron chi connectivity index (χ0n) is 17.1. The summed E-state index contributed by atoms with van der Waals surface area (Å²) in [5, 5.41) is 7.06. The van der Waals surface area contributed by atoms with E-state index < -0.39 is 18.2 Å². The van der Waals surface area contributed by atoms with Crippen LogP contribution in [-0.2, 0) is 17.9 Å². The summed E-state index contributed by atoms with van der Waals surface area (Å²) in [5.41, 5.74) is 1.26. The van der Waals surface area contributed by atoms with Crippen molar-refractivity contribution in [2.24, 2.45) is 5.92 Å². The summed E-state index contributed by atoms with van der Waals surface area (Å²) in [7, 11) is 1.62. The van der Waals surface area contributed by atoms with Crippen LogP contribution in [0.3, 0.4) is 0 Å². The van der Waals surface area contributed by atoms with Crippen LogP contribution in [0.1, 0.15) is 31.2 Å². The van der Waals surface area contributed by atoms with Gasteiger partial charge in [-0.05, 0) is 19.1 Å². The monoisotopic (exact) mass is 430 g/mol. The van der Waals surface area contributed by atoms with E-state index in [1.54, 1.807) is 27.7 Å². The number of aromatic nitrogens is 3. The van der Waals surface area contributed by atoms with E-state index in [1.807, 2.05) is 6.92 Å². The molecule has 11 heteroatoms. The number of amides is 3. The second-order valence-electron chi connectivity index (χ2n) is 7.59. The Morgan fingerprint density at radius 2 is 2.19 bits per heavy atom. The predicted octanol–water partition coefficient (Wildman–Crippen LogP) is 2.97. The largest absolute Gasteiger partial charge is 0.322 e. The van der Waals surface area contributed by atoms with Crippen molar-refractivity contribution < 1.29 is 18.4 Å². The van der Waals surface area contributed by atoms with Crippen LogP contribution in [0.5, 0.6) is 0 Å². The lowest BCUT2D eigenvalue weighted by atomic mass is 10.1. The number of rotatable bonds is 3. The van der Waals surface area contributed by atoms with E-state index in [-0.39, 0.29) is 30.1 Å². The summed E-state index contributed by atoms with van der Waals surface area (Å²) < 4.78 is 27.6. The lowest BCUT2D eigenvalue weighted by molar-refractivity contribution is -0.117. The zero-order chi connectivity index (χ0) is 22.1. The van der Waals surface area contributed by atoms with Crippen molar-refractivity contribution in [2.45, 2.75) is 38.9 Å². The van der Waals surface area contributed by atoms with Crippen molar-refractivity contribution in [1.82, 2.24) is 19.7 Å². The van der Waals surface area contributed by atoms with Gasteiger partial charge in [0.25, 0.3) is 19.5 Å². The maximum Gasteiger partial charge on any atom is 0.322 e. The summed E-state index contributed by atoms with van der Waals surface area (Å²) in [6.07, 6.45) is 0.483. The minimum atomic E-state index is -2.72. The van der Waals surface area contributed by atoms with Gasteiger partial charge in [-0.1, -0.05) is 4.85 Å². The van der Waals surface area contributed by atoms with Gasteiger partial charge in [0.2, 0.25) is 5.91 Å². The summed E-state index contributed by atoms with van der Waals surface area (Å²) in [4.78, 5) is 36.2. The fourth-order valence-electron chi connectivity index (χ4n) is 3.93. The van der Waals surface area contributed by atoms with Crippen molar-refractivity contribution in [2.75, 3.05) is 23.8 Å². The molecule has 2 aromatic rings. The van der Waals surface area contributed by atoms with Crippen LogP contribution < -0.4 is 10.2 Å². The zero-order valence-corrected chi connectivity index (χ0v) is 17.1. The number of nitrogens with one attached hydrogen (secondary N) is 1. The van der Waals surface area contributed by atoms with Crippen LogP contribution in [0.2, 0.25) is 0 Å². The third-order valence-corrected chi connectivity index (χ3v) is 5.46. The molecule has 9 nitrogen and oxygen atoms in total. The van der Waals surface area contributed by atoms with Gasteiger partial charge in [0.15, 0.2) is 0 Å². The molecule has 0 aromatic carbocycles. The molecule has 162 valence electrons. The molecule has 2 aliphatic rings. The number of carbonyl (C=O) groups is 2. The highest BCUT2D eigenvalue weighted by Gasteiger charge is 2.37. The fraction of sp³-hybridized carbons (Fsp3) is 0.450. The first-order valence-electron chi connectivity index (χ1n) is 9.88. The van der Waals surface area contributed by atoms with Crippen molar-refractivity contribution in [3.8, 4) is 6.07 Å². The number of fused-ring (bicyclic) bond motifs is 1. The van der Waals surface area contributed by atoms with Crippen LogP contribution in [0.25, 0.3) is 4.85 Å². The molecule has 0 spiro atoms. The van der Waals surface area contributed by atoms with Gasteiger partial charge in [-0.3, -0.25) is 14.5 Å². The Morgan fingerprint density at radius 3 is 2.94 bits per heavy atom. The molecule has 2 atom stereocenters. The Morgan fingerprint density at radius 1 is 1.39 bits per heavy atom. The standard InChI is InChI=1S/C20H21F2N7O2/c1-12-9-29-17(16(8-25-29)28-10-13(7-23-2)5-18(28)30)11-27(12)20(31)26-14-3-4-24-15(6-14)19(21)22/h3-4,6,8,12-13,19H,5,9-11H2,1-2H3/p+1/t12-,13?/m0/s1. The van der Waals surface area contributed by atoms with Gasteiger partial charge >= 0.3 is 6.03 Å². The molecule has 3 amide bonds. The molecule has 2 aromatic heterocycles. The number of pyridine rings is 1. The highest BCUT2D eigenvalue weighted by molar-refractivity contribution is 5.96. The summed E-state index contributed by atoms with van der Waals surface area (Å²) >= 11 is 0. The second-order valence-corrected chi connectivity index (χ2v) is 7.59. The fourth-order valence-corrected chi connectivity index (χ4v) is 3.93. The molecule has 0 aliphatic carbocycles. The molecule has 0 radical (unpaired) electrons. The highest BCUT2D eigenvalue weighted by atomic mass is 19.3. The molecule has 1 saturated heterocycles. The molecule has 1 fully saturated rings. The first-order valence-corrected chi connectivity index (χ1v) is 9.88. The third kappa shape index (κ3) is 4.05. The second kappa shape index (κ2) is 8.29. The molecule has 0 saturated carbocycles. The van der Waals surface area contributed by atoms with Gasteiger partial charge in [0, 0.05) is 24.8 Å². The Bertz CT molecular complexity index is 1070. The van der Waals surface area contributed by atoms with Crippen molar-refractivity contribution in [1.29, 1.82) is 0 Å². The van der Waals surface area contributed by atoms with Crippen molar-refractivity contribution in [3.05, 3.63) is 40.8 Å². The molecule has 0 bridgehead atoms. The molecular weight excluding hydrogens is 408 g/mol. The van der Waals surface area contributed by atoms with Crippen molar-refractivity contribution in [3.63, 3.8) is 0 Å². The summed E-state index contributed by atoms with van der Waals surface area (Å²) in [5.74, 6) is -0.117. The van der Waals surface area contributed by atoms with E-state index in [0.29, 0.717) is 25.2 Å². The Kier molecular flexibility index (Phi) is 5.54. The van der Waals surface area contributed by atoms with Gasteiger partial charge in [-0.2, -0.15) is 5.10 Å². The first-order chi connectivity index (χ1) is 14.9. The average molecular weight is 430 g/mol. The average Bonchev–Trinajstić information content (AvgIpc) is 3.30. The van der Waals surface area contributed by atoms with Gasteiger partial charge in [0.05, 0.1) is 36.7 Å².